The Morgan fingerprint density at radius 2 is 1.37 bits per heavy atom. The molecular formula is C27H34N2O6. The fraction of sp³-hybridized carbons (Fsp3) is 0.444. The smallest absolute Gasteiger partial charge is 0.408 e. The van der Waals surface area contributed by atoms with Gasteiger partial charge in [0.05, 0.1) is 6.61 Å². The van der Waals surface area contributed by atoms with Crippen molar-refractivity contribution in [3.05, 3.63) is 59.7 Å². The van der Waals surface area contributed by atoms with Crippen molar-refractivity contribution in [2.75, 3.05) is 20.3 Å². The molecule has 0 radical (unpaired) electrons. The standard InChI is InChI=1S/C27H34N2O6/c1-5-26(6-2,24(31)32)28-23(30)27(7-3,17-34-4)29-25(33)35-16-22-20-14-10-8-12-18(20)19-13-9-11-15-21(19)22/h8-15,22H,5-7,16-17H2,1-4H3,(H,28,30)(H,29,33)(H,31,32). The SMILES string of the molecule is CCC(CC)(NC(=O)C(CC)(COC)NC(=O)OCC1c2ccccc2-c2ccccc21)C(=O)O. The van der Waals surface area contributed by atoms with Gasteiger partial charge in [0.15, 0.2) is 0 Å². The molecule has 2 amide bonds. The van der Waals surface area contributed by atoms with E-state index in [2.05, 4.69) is 22.8 Å². The largest absolute Gasteiger partial charge is 0.480 e. The zero-order chi connectivity index (χ0) is 25.6. The van der Waals surface area contributed by atoms with E-state index in [1.165, 1.54) is 7.11 Å². The summed E-state index contributed by atoms with van der Waals surface area (Å²) in [5.41, 5.74) is 1.46. The lowest BCUT2D eigenvalue weighted by Gasteiger charge is -2.36. The number of carboxylic acid groups (broad SMARTS) is 1. The Morgan fingerprint density at radius 3 is 1.83 bits per heavy atom. The van der Waals surface area contributed by atoms with E-state index in [-0.39, 0.29) is 38.4 Å². The van der Waals surface area contributed by atoms with Gasteiger partial charge >= 0.3 is 12.1 Å². The number of carboxylic acids is 1. The van der Waals surface area contributed by atoms with E-state index in [1.54, 1.807) is 20.8 Å². The van der Waals surface area contributed by atoms with Crippen LogP contribution in [0.5, 0.6) is 0 Å². The van der Waals surface area contributed by atoms with Crippen LogP contribution in [0.25, 0.3) is 11.1 Å². The van der Waals surface area contributed by atoms with E-state index in [9.17, 15) is 19.5 Å². The number of carbonyl (C=O) groups excluding carboxylic acids is 2. The number of carbonyl (C=O) groups is 3. The average Bonchev–Trinajstić information content (AvgIpc) is 3.19. The molecule has 2 aromatic carbocycles. The molecule has 1 aliphatic rings. The minimum atomic E-state index is -1.48. The highest BCUT2D eigenvalue weighted by Gasteiger charge is 2.45. The zero-order valence-electron chi connectivity index (χ0n) is 20.7. The first-order valence-electron chi connectivity index (χ1n) is 12.0. The molecule has 3 rings (SSSR count). The number of hydrogen-bond donors (Lipinski definition) is 3. The highest BCUT2D eigenvalue weighted by atomic mass is 16.5. The number of alkyl carbamates (subject to hydrolysis) is 1. The minimum absolute atomic E-state index is 0.0945. The number of aliphatic carboxylic acids is 1. The van der Waals surface area contributed by atoms with E-state index in [1.807, 2.05) is 36.4 Å². The topological polar surface area (TPSA) is 114 Å². The number of ether oxygens (including phenoxy) is 2. The molecule has 2 aromatic rings. The van der Waals surface area contributed by atoms with Crippen molar-refractivity contribution in [1.29, 1.82) is 0 Å². The van der Waals surface area contributed by atoms with Crippen molar-refractivity contribution in [1.82, 2.24) is 10.6 Å². The van der Waals surface area contributed by atoms with Crippen molar-refractivity contribution < 1.29 is 29.0 Å². The van der Waals surface area contributed by atoms with Gasteiger partial charge in [-0.1, -0.05) is 69.3 Å². The average molecular weight is 483 g/mol. The number of hydrogen-bond acceptors (Lipinski definition) is 5. The number of methoxy groups -OCH3 is 1. The summed E-state index contributed by atoms with van der Waals surface area (Å²) in [6.45, 7) is 5.07. The van der Waals surface area contributed by atoms with Crippen LogP contribution in [-0.4, -0.2) is 54.5 Å². The van der Waals surface area contributed by atoms with Crippen molar-refractivity contribution >= 4 is 18.0 Å². The molecule has 0 aromatic heterocycles. The summed E-state index contributed by atoms with van der Waals surface area (Å²) in [5.74, 6) is -1.87. The van der Waals surface area contributed by atoms with Gasteiger partial charge in [-0.2, -0.15) is 0 Å². The number of fused-ring (bicyclic) bond motifs is 3. The third kappa shape index (κ3) is 5.03. The molecule has 0 aliphatic heterocycles. The Hall–Kier alpha value is -3.39. The molecule has 8 nitrogen and oxygen atoms in total. The van der Waals surface area contributed by atoms with Crippen LogP contribution in [-0.2, 0) is 19.1 Å². The molecule has 1 atom stereocenters. The summed E-state index contributed by atoms with van der Waals surface area (Å²) in [4.78, 5) is 38.2. The maximum Gasteiger partial charge on any atom is 0.408 e. The first-order chi connectivity index (χ1) is 16.8. The second-order valence-corrected chi connectivity index (χ2v) is 8.87. The van der Waals surface area contributed by atoms with Crippen LogP contribution in [0.1, 0.15) is 57.1 Å². The number of nitrogens with one attached hydrogen (secondary N) is 2. The van der Waals surface area contributed by atoms with Crippen molar-refractivity contribution in [3.8, 4) is 11.1 Å². The van der Waals surface area contributed by atoms with E-state index in [0.717, 1.165) is 22.3 Å². The lowest BCUT2D eigenvalue weighted by Crippen LogP contribution is -2.66. The van der Waals surface area contributed by atoms with Crippen LogP contribution in [0, 0.1) is 0 Å². The molecule has 0 saturated carbocycles. The van der Waals surface area contributed by atoms with Gasteiger partial charge in [0.25, 0.3) is 0 Å². The molecule has 35 heavy (non-hydrogen) atoms. The van der Waals surface area contributed by atoms with E-state index in [0.29, 0.717) is 0 Å². The predicted molar refractivity (Wildman–Crippen MR) is 132 cm³/mol. The Bertz CT molecular complexity index is 1040. The zero-order valence-corrected chi connectivity index (χ0v) is 20.7. The fourth-order valence-corrected chi connectivity index (χ4v) is 4.71. The van der Waals surface area contributed by atoms with Crippen molar-refractivity contribution in [2.24, 2.45) is 0 Å². The number of rotatable bonds is 11. The highest BCUT2D eigenvalue weighted by molar-refractivity contribution is 5.94. The van der Waals surface area contributed by atoms with Crippen molar-refractivity contribution in [2.45, 2.75) is 57.0 Å². The second-order valence-electron chi connectivity index (χ2n) is 8.87. The number of benzene rings is 2. The Labute approximate surface area is 206 Å². The van der Waals surface area contributed by atoms with E-state index >= 15 is 0 Å². The van der Waals surface area contributed by atoms with Gasteiger partial charge in [-0.05, 0) is 41.5 Å². The van der Waals surface area contributed by atoms with Crippen LogP contribution >= 0.6 is 0 Å². The normalized spacial score (nSPS) is 14.4. The summed E-state index contributed by atoms with van der Waals surface area (Å²) < 4.78 is 10.9. The summed E-state index contributed by atoms with van der Waals surface area (Å²) in [6, 6.07) is 16.0. The first-order valence-corrected chi connectivity index (χ1v) is 12.0. The summed E-state index contributed by atoms with van der Waals surface area (Å²) in [6.07, 6.45) is -0.195. The second kappa shape index (κ2) is 10.9. The molecule has 1 unspecified atom stereocenters. The van der Waals surface area contributed by atoms with Crippen LogP contribution in [0.2, 0.25) is 0 Å². The van der Waals surface area contributed by atoms with Crippen LogP contribution < -0.4 is 10.6 Å². The first kappa shape index (κ1) is 26.2. The fourth-order valence-electron chi connectivity index (χ4n) is 4.71. The quantitative estimate of drug-likeness (QED) is 0.445. The number of amides is 2. The molecule has 0 fully saturated rings. The molecule has 3 N–H and O–H groups in total. The Balaban J connectivity index is 1.77. The molecule has 1 aliphatic carbocycles. The lowest BCUT2D eigenvalue weighted by atomic mass is 9.89. The molecule has 8 heteroatoms. The van der Waals surface area contributed by atoms with Gasteiger partial charge in [-0.3, -0.25) is 4.79 Å². The van der Waals surface area contributed by atoms with Crippen LogP contribution in [0.15, 0.2) is 48.5 Å². The lowest BCUT2D eigenvalue weighted by molar-refractivity contribution is -0.149. The minimum Gasteiger partial charge on any atom is -0.480 e. The molecule has 0 spiro atoms. The van der Waals surface area contributed by atoms with Gasteiger partial charge in [-0.15, -0.1) is 0 Å². The molecule has 188 valence electrons. The molecule has 0 bridgehead atoms. The Kier molecular flexibility index (Phi) is 8.17. The van der Waals surface area contributed by atoms with Gasteiger partial charge in [-0.25, -0.2) is 9.59 Å². The van der Waals surface area contributed by atoms with Crippen LogP contribution in [0.3, 0.4) is 0 Å². The van der Waals surface area contributed by atoms with E-state index < -0.39 is 29.0 Å². The Morgan fingerprint density at radius 1 is 0.857 bits per heavy atom. The van der Waals surface area contributed by atoms with Gasteiger partial charge in [0.1, 0.15) is 17.7 Å². The highest BCUT2D eigenvalue weighted by Crippen LogP contribution is 2.44. The summed E-state index contributed by atoms with van der Waals surface area (Å²) in [5, 5.41) is 15.0. The van der Waals surface area contributed by atoms with Crippen molar-refractivity contribution in [3.63, 3.8) is 0 Å². The third-order valence-corrected chi connectivity index (χ3v) is 7.08. The maximum absolute atomic E-state index is 13.3. The third-order valence-electron chi connectivity index (χ3n) is 7.08. The monoisotopic (exact) mass is 482 g/mol. The molecule has 0 saturated heterocycles. The summed E-state index contributed by atoms with van der Waals surface area (Å²) in [7, 11) is 1.42. The maximum atomic E-state index is 13.3. The molecular weight excluding hydrogens is 448 g/mol. The predicted octanol–water partition coefficient (Wildman–Crippen LogP) is 4.08. The van der Waals surface area contributed by atoms with Gasteiger partial charge < -0.3 is 25.2 Å². The van der Waals surface area contributed by atoms with Gasteiger partial charge in [0, 0.05) is 13.0 Å². The summed E-state index contributed by atoms with van der Waals surface area (Å²) >= 11 is 0. The van der Waals surface area contributed by atoms with Gasteiger partial charge in [0.2, 0.25) is 5.91 Å². The molecule has 0 heterocycles. The van der Waals surface area contributed by atoms with Crippen LogP contribution in [0.4, 0.5) is 4.79 Å². The van der Waals surface area contributed by atoms with E-state index in [4.69, 9.17) is 9.47 Å².